The number of carbonyl (C=O) groups is 2. The lowest BCUT2D eigenvalue weighted by molar-refractivity contribution is -0.139. The number of halogens is 3. The van der Waals surface area contributed by atoms with Gasteiger partial charge in [-0.25, -0.2) is 0 Å². The van der Waals surface area contributed by atoms with Crippen molar-refractivity contribution in [3.05, 3.63) is 105 Å². The Labute approximate surface area is 238 Å². The summed E-state index contributed by atoms with van der Waals surface area (Å²) >= 11 is 19.9. The molecule has 3 rings (SSSR count). The molecule has 1 N–H and O–H groups in total. The van der Waals surface area contributed by atoms with Crippen molar-refractivity contribution < 1.29 is 9.59 Å². The fraction of sp³-hybridized carbons (Fsp3) is 0.310. The van der Waals surface area contributed by atoms with Gasteiger partial charge in [0, 0.05) is 39.8 Å². The van der Waals surface area contributed by atoms with Crippen LogP contribution in [0, 0.1) is 0 Å². The molecule has 0 fully saturated rings. The summed E-state index contributed by atoms with van der Waals surface area (Å²) in [6.45, 7) is 4.28. The summed E-state index contributed by atoms with van der Waals surface area (Å²) < 4.78 is 0. The van der Waals surface area contributed by atoms with Crippen LogP contribution in [0.4, 0.5) is 0 Å². The van der Waals surface area contributed by atoms with Crippen LogP contribution in [0.1, 0.15) is 37.0 Å². The maximum atomic E-state index is 13.7. The van der Waals surface area contributed by atoms with E-state index >= 15 is 0 Å². The van der Waals surface area contributed by atoms with Crippen molar-refractivity contribution in [3.63, 3.8) is 0 Å². The lowest BCUT2D eigenvalue weighted by atomic mass is 10.0. The Kier molecular flexibility index (Phi) is 11.7. The highest BCUT2D eigenvalue weighted by molar-refractivity contribution is 7.99. The average Bonchev–Trinajstić information content (AvgIpc) is 2.88. The lowest BCUT2D eigenvalue weighted by Crippen LogP contribution is -2.52. The second kappa shape index (κ2) is 14.7. The molecule has 0 aliphatic heterocycles. The van der Waals surface area contributed by atoms with Crippen molar-refractivity contribution >= 4 is 58.4 Å². The van der Waals surface area contributed by atoms with E-state index in [1.165, 1.54) is 11.8 Å². The number of nitrogens with zero attached hydrogens (tertiary/aromatic N) is 1. The number of hydrogen-bond donors (Lipinski definition) is 1. The number of rotatable bonds is 12. The molecular formula is C29H31Cl3N2O2S. The van der Waals surface area contributed by atoms with Crippen LogP contribution in [-0.4, -0.2) is 34.6 Å². The second-order valence-corrected chi connectivity index (χ2v) is 11.2. The first-order valence-corrected chi connectivity index (χ1v) is 14.5. The minimum absolute atomic E-state index is 0.000297. The molecule has 0 unspecified atom stereocenters. The molecule has 8 heteroatoms. The predicted octanol–water partition coefficient (Wildman–Crippen LogP) is 7.43. The topological polar surface area (TPSA) is 49.4 Å². The first-order valence-electron chi connectivity index (χ1n) is 12.2. The lowest BCUT2D eigenvalue weighted by Gasteiger charge is -2.32. The van der Waals surface area contributed by atoms with Crippen molar-refractivity contribution in [2.45, 2.75) is 51.1 Å². The van der Waals surface area contributed by atoms with Gasteiger partial charge in [0.25, 0.3) is 0 Å². The SMILES string of the molecule is CC[C@@H](C)NC(=O)[C@H](Cc1ccccc1)N(Cc1ccc(Cl)cc1)C(=O)CSCc1ccc(Cl)cc1Cl. The molecule has 4 nitrogen and oxygen atoms in total. The Morgan fingerprint density at radius 1 is 0.919 bits per heavy atom. The zero-order valence-corrected chi connectivity index (χ0v) is 24.0. The second-order valence-electron chi connectivity index (χ2n) is 8.90. The molecule has 0 saturated heterocycles. The first kappa shape index (κ1) is 29.4. The van der Waals surface area contributed by atoms with E-state index in [4.69, 9.17) is 34.8 Å². The van der Waals surface area contributed by atoms with Gasteiger partial charge in [-0.2, -0.15) is 0 Å². The van der Waals surface area contributed by atoms with E-state index in [0.29, 0.717) is 33.8 Å². The zero-order chi connectivity index (χ0) is 26.8. The Balaban J connectivity index is 1.85. The van der Waals surface area contributed by atoms with E-state index in [-0.39, 0.29) is 23.6 Å². The molecule has 2 atom stereocenters. The highest BCUT2D eigenvalue weighted by Crippen LogP contribution is 2.25. The van der Waals surface area contributed by atoms with Crippen LogP contribution >= 0.6 is 46.6 Å². The van der Waals surface area contributed by atoms with Crippen molar-refractivity contribution in [2.24, 2.45) is 0 Å². The minimum Gasteiger partial charge on any atom is -0.352 e. The summed E-state index contributed by atoms with van der Waals surface area (Å²) in [7, 11) is 0. The maximum Gasteiger partial charge on any atom is 0.243 e. The summed E-state index contributed by atoms with van der Waals surface area (Å²) in [4.78, 5) is 28.9. The van der Waals surface area contributed by atoms with Crippen molar-refractivity contribution in [1.82, 2.24) is 10.2 Å². The van der Waals surface area contributed by atoms with E-state index in [1.54, 1.807) is 29.2 Å². The van der Waals surface area contributed by atoms with Gasteiger partial charge in [0.15, 0.2) is 0 Å². The van der Waals surface area contributed by atoms with Gasteiger partial charge in [-0.1, -0.05) is 90.3 Å². The summed E-state index contributed by atoms with van der Waals surface area (Å²) in [6, 6.07) is 21.8. The number of amides is 2. The molecule has 3 aromatic carbocycles. The largest absolute Gasteiger partial charge is 0.352 e. The summed E-state index contributed by atoms with van der Waals surface area (Å²) in [5.41, 5.74) is 2.79. The highest BCUT2D eigenvalue weighted by Gasteiger charge is 2.30. The number of benzene rings is 3. The van der Waals surface area contributed by atoms with Crippen molar-refractivity contribution in [1.29, 1.82) is 0 Å². The summed E-state index contributed by atoms with van der Waals surface area (Å²) in [5.74, 6) is 0.476. The number of carbonyl (C=O) groups excluding carboxylic acids is 2. The number of nitrogens with one attached hydrogen (secondary N) is 1. The van der Waals surface area contributed by atoms with Crippen molar-refractivity contribution in [2.75, 3.05) is 5.75 Å². The van der Waals surface area contributed by atoms with Crippen molar-refractivity contribution in [3.8, 4) is 0 Å². The van der Waals surface area contributed by atoms with E-state index in [2.05, 4.69) is 5.32 Å². The molecule has 0 aromatic heterocycles. The summed E-state index contributed by atoms with van der Waals surface area (Å²) in [6.07, 6.45) is 1.21. The van der Waals surface area contributed by atoms with Gasteiger partial charge in [0.05, 0.1) is 5.75 Å². The smallest absolute Gasteiger partial charge is 0.243 e. The van der Waals surface area contributed by atoms with Gasteiger partial charge in [0.2, 0.25) is 11.8 Å². The molecule has 2 amide bonds. The maximum absolute atomic E-state index is 13.7. The van der Waals surface area contributed by atoms with Gasteiger partial charge in [-0.05, 0) is 54.3 Å². The van der Waals surface area contributed by atoms with Crippen LogP contribution in [0.2, 0.25) is 15.1 Å². The van der Waals surface area contributed by atoms with Crippen LogP contribution in [-0.2, 0) is 28.3 Å². The van der Waals surface area contributed by atoms with E-state index in [0.717, 1.165) is 23.1 Å². The molecular weight excluding hydrogens is 547 g/mol. The quantitative estimate of drug-likeness (QED) is 0.243. The van der Waals surface area contributed by atoms with E-state index in [1.807, 2.05) is 62.4 Å². The monoisotopic (exact) mass is 576 g/mol. The van der Waals surface area contributed by atoms with Gasteiger partial charge in [-0.15, -0.1) is 11.8 Å². The highest BCUT2D eigenvalue weighted by atomic mass is 35.5. The van der Waals surface area contributed by atoms with Gasteiger partial charge < -0.3 is 10.2 Å². The number of thioether (sulfide) groups is 1. The Bertz CT molecular complexity index is 1180. The molecule has 37 heavy (non-hydrogen) atoms. The average molecular weight is 578 g/mol. The van der Waals surface area contributed by atoms with E-state index < -0.39 is 6.04 Å². The molecule has 0 saturated carbocycles. The minimum atomic E-state index is -0.667. The van der Waals surface area contributed by atoms with Crippen LogP contribution in [0.5, 0.6) is 0 Å². The van der Waals surface area contributed by atoms with Crippen LogP contribution in [0.25, 0.3) is 0 Å². The third-order valence-corrected chi connectivity index (χ3v) is 7.84. The predicted molar refractivity (Wildman–Crippen MR) is 156 cm³/mol. The Morgan fingerprint density at radius 3 is 2.24 bits per heavy atom. The normalized spacial score (nSPS) is 12.6. The molecule has 0 aliphatic carbocycles. The summed E-state index contributed by atoms with van der Waals surface area (Å²) in [5, 5.41) is 4.84. The Morgan fingerprint density at radius 2 is 1.59 bits per heavy atom. The number of hydrogen-bond acceptors (Lipinski definition) is 3. The van der Waals surface area contributed by atoms with Gasteiger partial charge in [-0.3, -0.25) is 9.59 Å². The fourth-order valence-corrected chi connectivity index (χ4v) is 5.35. The first-order chi connectivity index (χ1) is 17.8. The van der Waals surface area contributed by atoms with Crippen LogP contribution in [0.3, 0.4) is 0 Å². The molecule has 0 bridgehead atoms. The molecule has 3 aromatic rings. The molecule has 0 spiro atoms. The third-order valence-electron chi connectivity index (χ3n) is 6.04. The third kappa shape index (κ3) is 9.26. The van der Waals surface area contributed by atoms with Crippen LogP contribution in [0.15, 0.2) is 72.8 Å². The molecule has 196 valence electrons. The Hall–Kier alpha value is -2.18. The molecule has 0 radical (unpaired) electrons. The molecule has 0 heterocycles. The molecule has 0 aliphatic rings. The van der Waals surface area contributed by atoms with Gasteiger partial charge >= 0.3 is 0 Å². The van der Waals surface area contributed by atoms with Gasteiger partial charge in [0.1, 0.15) is 6.04 Å². The zero-order valence-electron chi connectivity index (χ0n) is 20.9. The van der Waals surface area contributed by atoms with E-state index in [9.17, 15) is 9.59 Å². The van der Waals surface area contributed by atoms with Crippen LogP contribution < -0.4 is 5.32 Å². The fourth-order valence-electron chi connectivity index (χ4n) is 3.75. The standard InChI is InChI=1S/C29H31Cl3N2O2S/c1-3-20(2)33-29(36)27(15-21-7-5-4-6-8-21)34(17-22-9-12-24(30)13-10-22)28(35)19-37-18-23-11-14-25(31)16-26(23)32/h4-14,16,20,27H,3,15,17-19H2,1-2H3,(H,33,36)/t20-,27+/m1/s1.